The van der Waals surface area contributed by atoms with E-state index in [-0.39, 0.29) is 17.2 Å². The fourth-order valence-corrected chi connectivity index (χ4v) is 6.55. The van der Waals surface area contributed by atoms with E-state index in [1.807, 2.05) is 4.90 Å². The lowest BCUT2D eigenvalue weighted by Crippen LogP contribution is -2.56. The van der Waals surface area contributed by atoms with Gasteiger partial charge in [-0.15, -0.1) is 0 Å². The smallest absolute Gasteiger partial charge is 0.326 e. The average Bonchev–Trinajstić information content (AvgIpc) is 3.01. The number of carbonyl (C=O) groups excluding carboxylic acids is 2. The molecule has 4 aliphatic carbocycles. The van der Waals surface area contributed by atoms with Crippen LogP contribution in [0, 0.1) is 23.2 Å². The van der Waals surface area contributed by atoms with Crippen LogP contribution >= 0.6 is 0 Å². The molecule has 5 fully saturated rings. The van der Waals surface area contributed by atoms with Gasteiger partial charge in [0, 0.05) is 24.9 Å². The molecule has 1 heterocycles. The van der Waals surface area contributed by atoms with Gasteiger partial charge in [0.2, 0.25) is 11.8 Å². The first kappa shape index (κ1) is 18.8. The first-order valence-electron chi connectivity index (χ1n) is 10.8. The number of nitrogens with zero attached hydrogens (tertiary/aromatic N) is 1. The van der Waals surface area contributed by atoms with Crippen LogP contribution in [-0.2, 0) is 14.4 Å². The van der Waals surface area contributed by atoms with Crippen LogP contribution < -0.4 is 5.32 Å². The Kier molecular flexibility index (Phi) is 5.17. The average molecular weight is 376 g/mol. The third-order valence-corrected chi connectivity index (χ3v) is 7.47. The summed E-state index contributed by atoms with van der Waals surface area (Å²) in [6.45, 7) is 1.53. The summed E-state index contributed by atoms with van der Waals surface area (Å²) in [5.74, 6) is 1.27. The van der Waals surface area contributed by atoms with Gasteiger partial charge in [-0.3, -0.25) is 9.59 Å². The number of hydrogen-bond donors (Lipinski definition) is 2. The second kappa shape index (κ2) is 7.44. The Morgan fingerprint density at radius 3 is 2.26 bits per heavy atom. The Morgan fingerprint density at radius 1 is 1.11 bits per heavy atom. The standard InChI is InChI=1S/C21H32N2O4/c24-18-5-3-7-23(18)6-2-1-4-17(19(25)26)22-20(27)21-11-14-8-15(12-21)10-16(9-14)13-21/h14-17H,1-13H2,(H,22,27)(H,25,26)/t14?,15?,16?,17-,21?/m0/s1. The molecule has 1 aliphatic heterocycles. The lowest BCUT2D eigenvalue weighted by Gasteiger charge is -2.55. The van der Waals surface area contributed by atoms with Crippen LogP contribution in [0.2, 0.25) is 0 Å². The summed E-state index contributed by atoms with van der Waals surface area (Å²) in [5, 5.41) is 12.5. The molecule has 0 radical (unpaired) electrons. The summed E-state index contributed by atoms with van der Waals surface area (Å²) in [4.78, 5) is 38.3. The molecule has 0 aromatic rings. The van der Waals surface area contributed by atoms with Crippen molar-refractivity contribution in [2.45, 2.75) is 76.7 Å². The molecule has 0 spiro atoms. The molecule has 27 heavy (non-hydrogen) atoms. The van der Waals surface area contributed by atoms with E-state index in [9.17, 15) is 19.5 Å². The van der Waals surface area contributed by atoms with Crippen molar-refractivity contribution in [2.75, 3.05) is 13.1 Å². The fraction of sp³-hybridized carbons (Fsp3) is 0.857. The van der Waals surface area contributed by atoms with Gasteiger partial charge in [-0.25, -0.2) is 4.79 Å². The van der Waals surface area contributed by atoms with Gasteiger partial charge in [0.25, 0.3) is 0 Å². The predicted molar refractivity (Wildman–Crippen MR) is 99.8 cm³/mol. The van der Waals surface area contributed by atoms with E-state index < -0.39 is 12.0 Å². The number of nitrogens with one attached hydrogen (secondary N) is 1. The summed E-state index contributed by atoms with van der Waals surface area (Å²) >= 11 is 0. The molecular formula is C21H32N2O4. The summed E-state index contributed by atoms with van der Waals surface area (Å²) < 4.78 is 0. The van der Waals surface area contributed by atoms with Gasteiger partial charge >= 0.3 is 5.97 Å². The fourth-order valence-electron chi connectivity index (χ4n) is 6.55. The minimum absolute atomic E-state index is 0.0104. The number of amides is 2. The third-order valence-electron chi connectivity index (χ3n) is 7.47. The number of carboxylic acid groups (broad SMARTS) is 1. The number of rotatable bonds is 8. The number of unbranched alkanes of at least 4 members (excludes halogenated alkanes) is 1. The number of hydrogen-bond acceptors (Lipinski definition) is 3. The van der Waals surface area contributed by atoms with E-state index >= 15 is 0 Å². The zero-order valence-corrected chi connectivity index (χ0v) is 16.1. The Bertz CT molecular complexity index is 582. The highest BCUT2D eigenvalue weighted by molar-refractivity contribution is 5.87. The van der Waals surface area contributed by atoms with Gasteiger partial charge in [0.1, 0.15) is 6.04 Å². The number of likely N-dealkylation sites (tertiary alicyclic amines) is 1. The summed E-state index contributed by atoms with van der Waals surface area (Å²) in [5.41, 5.74) is -0.301. The molecule has 5 aliphatic rings. The highest BCUT2D eigenvalue weighted by Gasteiger charge is 2.54. The first-order valence-corrected chi connectivity index (χ1v) is 10.8. The second-order valence-corrected chi connectivity index (χ2v) is 9.54. The van der Waals surface area contributed by atoms with Crippen molar-refractivity contribution < 1.29 is 19.5 Å². The molecule has 4 saturated carbocycles. The Balaban J connectivity index is 1.28. The van der Waals surface area contributed by atoms with Crippen molar-refractivity contribution in [3.8, 4) is 0 Å². The zero-order chi connectivity index (χ0) is 19.0. The number of carbonyl (C=O) groups is 3. The Morgan fingerprint density at radius 2 is 1.74 bits per heavy atom. The molecule has 2 amide bonds. The molecule has 5 rings (SSSR count). The van der Waals surface area contributed by atoms with Crippen molar-refractivity contribution in [3.05, 3.63) is 0 Å². The minimum Gasteiger partial charge on any atom is -0.480 e. The topological polar surface area (TPSA) is 86.7 Å². The van der Waals surface area contributed by atoms with Gasteiger partial charge in [0.05, 0.1) is 0 Å². The van der Waals surface area contributed by atoms with Gasteiger partial charge < -0.3 is 15.3 Å². The maximum absolute atomic E-state index is 13.1. The lowest BCUT2D eigenvalue weighted by molar-refractivity contribution is -0.151. The van der Waals surface area contributed by atoms with E-state index in [4.69, 9.17) is 0 Å². The van der Waals surface area contributed by atoms with Gasteiger partial charge in [-0.05, 0) is 82.0 Å². The third kappa shape index (κ3) is 3.85. The van der Waals surface area contributed by atoms with Crippen LogP contribution in [0.5, 0.6) is 0 Å². The predicted octanol–water partition coefficient (Wildman–Crippen LogP) is 2.56. The molecule has 0 unspecified atom stereocenters. The molecule has 6 nitrogen and oxygen atoms in total. The van der Waals surface area contributed by atoms with Crippen LogP contribution in [-0.4, -0.2) is 46.9 Å². The van der Waals surface area contributed by atoms with Crippen LogP contribution in [0.3, 0.4) is 0 Å². The molecule has 1 atom stereocenters. The lowest BCUT2D eigenvalue weighted by atomic mass is 9.49. The first-order chi connectivity index (χ1) is 12.9. The van der Waals surface area contributed by atoms with Crippen LogP contribution in [0.1, 0.15) is 70.6 Å². The minimum atomic E-state index is -0.940. The quantitative estimate of drug-likeness (QED) is 0.638. The number of aliphatic carboxylic acids is 1. The highest BCUT2D eigenvalue weighted by atomic mass is 16.4. The second-order valence-electron chi connectivity index (χ2n) is 9.54. The Labute approximate surface area is 161 Å². The van der Waals surface area contributed by atoms with Crippen molar-refractivity contribution in [3.63, 3.8) is 0 Å². The van der Waals surface area contributed by atoms with E-state index in [1.54, 1.807) is 0 Å². The van der Waals surface area contributed by atoms with E-state index in [1.165, 1.54) is 19.3 Å². The maximum Gasteiger partial charge on any atom is 0.326 e. The normalized spacial score (nSPS) is 35.5. The molecular weight excluding hydrogens is 344 g/mol. The molecule has 6 heteroatoms. The summed E-state index contributed by atoms with van der Waals surface area (Å²) in [6, 6.07) is -0.806. The van der Waals surface area contributed by atoms with Crippen molar-refractivity contribution in [2.24, 2.45) is 23.2 Å². The SMILES string of the molecule is O=C(O)[C@H](CCCCN1CCCC1=O)NC(=O)C12CC3CC(CC(C3)C1)C2. The number of carboxylic acids is 1. The van der Waals surface area contributed by atoms with Gasteiger partial charge in [0.15, 0.2) is 0 Å². The van der Waals surface area contributed by atoms with Crippen LogP contribution in [0.25, 0.3) is 0 Å². The molecule has 1 saturated heterocycles. The molecule has 2 N–H and O–H groups in total. The van der Waals surface area contributed by atoms with Gasteiger partial charge in [-0.1, -0.05) is 0 Å². The van der Waals surface area contributed by atoms with E-state index in [2.05, 4.69) is 5.32 Å². The molecule has 150 valence electrons. The Hall–Kier alpha value is -1.59. The van der Waals surface area contributed by atoms with Crippen molar-refractivity contribution in [1.82, 2.24) is 10.2 Å². The largest absolute Gasteiger partial charge is 0.480 e. The van der Waals surface area contributed by atoms with Crippen molar-refractivity contribution >= 4 is 17.8 Å². The molecule has 0 aromatic carbocycles. The van der Waals surface area contributed by atoms with Crippen molar-refractivity contribution in [1.29, 1.82) is 0 Å². The van der Waals surface area contributed by atoms with E-state index in [0.717, 1.165) is 38.6 Å². The zero-order valence-electron chi connectivity index (χ0n) is 16.1. The van der Waals surface area contributed by atoms with Crippen LogP contribution in [0.15, 0.2) is 0 Å². The van der Waals surface area contributed by atoms with Gasteiger partial charge in [-0.2, -0.15) is 0 Å². The summed E-state index contributed by atoms with van der Waals surface area (Å²) in [7, 11) is 0. The highest BCUT2D eigenvalue weighted by Crippen LogP contribution is 2.60. The van der Waals surface area contributed by atoms with E-state index in [0.29, 0.717) is 43.6 Å². The van der Waals surface area contributed by atoms with Crippen LogP contribution in [0.4, 0.5) is 0 Å². The monoisotopic (exact) mass is 376 g/mol. The molecule has 0 aromatic heterocycles. The summed E-state index contributed by atoms with van der Waals surface area (Å²) in [6.07, 6.45) is 10.2. The maximum atomic E-state index is 13.1. The molecule has 4 bridgehead atoms.